The minimum absolute atomic E-state index is 0.0512. The lowest BCUT2D eigenvalue weighted by Crippen LogP contribution is -2.45. The van der Waals surface area contributed by atoms with Gasteiger partial charge >= 0.3 is 5.97 Å². The molecule has 1 unspecified atom stereocenters. The molecule has 5 rings (SSSR count). The number of fused-ring (bicyclic) bond motifs is 1. The number of rotatable bonds is 7. The predicted octanol–water partition coefficient (Wildman–Crippen LogP) is 3.32. The minimum Gasteiger partial charge on any atom is -0.497 e. The summed E-state index contributed by atoms with van der Waals surface area (Å²) < 4.78 is 21.1. The van der Waals surface area contributed by atoms with Crippen LogP contribution >= 0.6 is 0 Å². The Labute approximate surface area is 218 Å². The van der Waals surface area contributed by atoms with E-state index in [-0.39, 0.29) is 25.5 Å². The number of amides is 3. The third-order valence-corrected chi connectivity index (χ3v) is 6.22. The van der Waals surface area contributed by atoms with Gasteiger partial charge in [-0.1, -0.05) is 12.1 Å². The van der Waals surface area contributed by atoms with E-state index < -0.39 is 29.7 Å². The lowest BCUT2D eigenvalue weighted by molar-refractivity contribution is -0.132. The van der Waals surface area contributed by atoms with Crippen molar-refractivity contribution in [1.29, 1.82) is 0 Å². The number of methoxy groups -OCH3 is 1. The first kappa shape index (κ1) is 24.8. The lowest BCUT2D eigenvalue weighted by Gasteiger charge is -2.28. The van der Waals surface area contributed by atoms with Gasteiger partial charge in [0.2, 0.25) is 12.7 Å². The molecule has 0 saturated carbocycles. The van der Waals surface area contributed by atoms with Crippen LogP contribution in [0.3, 0.4) is 0 Å². The van der Waals surface area contributed by atoms with Crippen molar-refractivity contribution in [3.05, 3.63) is 77.9 Å². The Kier molecular flexibility index (Phi) is 6.69. The van der Waals surface area contributed by atoms with Crippen molar-refractivity contribution in [1.82, 2.24) is 4.90 Å². The first-order chi connectivity index (χ1) is 18.3. The summed E-state index contributed by atoms with van der Waals surface area (Å²) in [7, 11) is 1.50. The normalized spacial score (nSPS) is 15.9. The molecule has 2 heterocycles. The molecule has 0 radical (unpaired) electrons. The van der Waals surface area contributed by atoms with Crippen molar-refractivity contribution in [2.45, 2.75) is 25.9 Å². The van der Waals surface area contributed by atoms with Gasteiger partial charge in [-0.05, 0) is 60.2 Å². The number of hydrogen-bond acceptors (Lipinski definition) is 8. The highest BCUT2D eigenvalue weighted by Crippen LogP contribution is 2.34. The molecule has 2 aliphatic heterocycles. The minimum atomic E-state index is -1.04. The number of hydrogen-bond donors (Lipinski definition) is 0. The molecule has 38 heavy (non-hydrogen) atoms. The van der Waals surface area contributed by atoms with Crippen molar-refractivity contribution in [2.24, 2.45) is 0 Å². The fourth-order valence-electron chi connectivity index (χ4n) is 4.44. The molecule has 1 fully saturated rings. The van der Waals surface area contributed by atoms with Crippen LogP contribution in [0.2, 0.25) is 0 Å². The van der Waals surface area contributed by atoms with Gasteiger partial charge in [0.15, 0.2) is 11.5 Å². The average Bonchev–Trinajstić information content (AvgIpc) is 3.50. The highest BCUT2D eigenvalue weighted by atomic mass is 16.7. The van der Waals surface area contributed by atoms with Gasteiger partial charge in [-0.2, -0.15) is 0 Å². The SMILES string of the molecule is COc1cccc(C(=O)N(Cc2ccc3c(c2)OCO3)C2CC(=O)N(c3ccc(OC(C)=O)cc3)C2=O)c1. The molecular weight excluding hydrogens is 492 g/mol. The molecule has 10 heteroatoms. The van der Waals surface area contributed by atoms with E-state index >= 15 is 0 Å². The third kappa shape index (κ3) is 4.88. The summed E-state index contributed by atoms with van der Waals surface area (Å²) in [5.74, 6) is 0.00830. The largest absolute Gasteiger partial charge is 0.497 e. The highest BCUT2D eigenvalue weighted by Gasteiger charge is 2.44. The number of nitrogens with zero attached hydrogens (tertiary/aromatic N) is 2. The zero-order valence-electron chi connectivity index (χ0n) is 20.7. The molecule has 2 aliphatic rings. The fraction of sp³-hybridized carbons (Fsp3) is 0.214. The van der Waals surface area contributed by atoms with E-state index in [1.54, 1.807) is 42.5 Å². The van der Waals surface area contributed by atoms with Gasteiger partial charge in [-0.3, -0.25) is 19.2 Å². The Morgan fingerprint density at radius 1 is 0.974 bits per heavy atom. The van der Waals surface area contributed by atoms with Crippen LogP contribution in [-0.4, -0.2) is 48.5 Å². The fourth-order valence-corrected chi connectivity index (χ4v) is 4.44. The lowest BCUT2D eigenvalue weighted by atomic mass is 10.1. The van der Waals surface area contributed by atoms with Crippen molar-refractivity contribution in [3.8, 4) is 23.0 Å². The van der Waals surface area contributed by atoms with Gasteiger partial charge in [0.1, 0.15) is 17.5 Å². The second kappa shape index (κ2) is 10.3. The summed E-state index contributed by atoms with van der Waals surface area (Å²) in [4.78, 5) is 54.1. The first-order valence-electron chi connectivity index (χ1n) is 11.8. The van der Waals surface area contributed by atoms with Gasteiger partial charge in [-0.15, -0.1) is 0 Å². The molecule has 0 N–H and O–H groups in total. The predicted molar refractivity (Wildman–Crippen MR) is 134 cm³/mol. The molecule has 1 saturated heterocycles. The van der Waals surface area contributed by atoms with Crippen LogP contribution in [-0.2, 0) is 20.9 Å². The number of carbonyl (C=O) groups is 4. The van der Waals surface area contributed by atoms with Crippen LogP contribution in [0.4, 0.5) is 5.69 Å². The van der Waals surface area contributed by atoms with Crippen LogP contribution in [0.1, 0.15) is 29.3 Å². The Hall–Kier alpha value is -4.86. The van der Waals surface area contributed by atoms with E-state index in [4.69, 9.17) is 18.9 Å². The Morgan fingerprint density at radius 2 is 1.74 bits per heavy atom. The third-order valence-electron chi connectivity index (χ3n) is 6.22. The number of anilines is 1. The summed E-state index contributed by atoms with van der Waals surface area (Å²) in [6.45, 7) is 1.43. The summed E-state index contributed by atoms with van der Waals surface area (Å²) in [5.41, 5.74) is 1.33. The molecule has 1 atom stereocenters. The van der Waals surface area contributed by atoms with Crippen molar-refractivity contribution in [3.63, 3.8) is 0 Å². The average molecular weight is 517 g/mol. The van der Waals surface area contributed by atoms with Gasteiger partial charge < -0.3 is 23.8 Å². The zero-order valence-corrected chi connectivity index (χ0v) is 20.7. The van der Waals surface area contributed by atoms with Crippen molar-refractivity contribution < 1.29 is 38.1 Å². The maximum Gasteiger partial charge on any atom is 0.308 e. The molecule has 3 aromatic rings. The van der Waals surface area contributed by atoms with Crippen molar-refractivity contribution >= 4 is 29.4 Å². The van der Waals surface area contributed by atoms with E-state index in [0.29, 0.717) is 34.1 Å². The molecule has 0 bridgehead atoms. The van der Waals surface area contributed by atoms with Gasteiger partial charge in [0.05, 0.1) is 19.2 Å². The maximum absolute atomic E-state index is 13.8. The Morgan fingerprint density at radius 3 is 2.47 bits per heavy atom. The molecule has 0 aliphatic carbocycles. The van der Waals surface area contributed by atoms with E-state index in [1.807, 2.05) is 0 Å². The quantitative estimate of drug-likeness (QED) is 0.267. The van der Waals surface area contributed by atoms with E-state index in [2.05, 4.69) is 0 Å². The number of ether oxygens (including phenoxy) is 4. The van der Waals surface area contributed by atoms with Crippen LogP contribution < -0.4 is 23.8 Å². The molecule has 0 spiro atoms. The van der Waals surface area contributed by atoms with E-state index in [0.717, 1.165) is 4.90 Å². The number of benzene rings is 3. The number of esters is 1. The second-order valence-corrected chi connectivity index (χ2v) is 8.73. The van der Waals surface area contributed by atoms with E-state index in [9.17, 15) is 19.2 Å². The Balaban J connectivity index is 1.46. The molecule has 3 amide bonds. The van der Waals surface area contributed by atoms with Gasteiger partial charge in [-0.25, -0.2) is 4.90 Å². The monoisotopic (exact) mass is 516 g/mol. The van der Waals surface area contributed by atoms with Gasteiger partial charge in [0, 0.05) is 19.0 Å². The standard InChI is InChI=1S/C28H24N2O8/c1-17(31)38-21-9-7-20(8-10-21)30-26(32)14-23(28(30)34)29(27(33)19-4-3-5-22(13-19)35-2)15-18-6-11-24-25(12-18)37-16-36-24/h3-13,23H,14-16H2,1-2H3. The molecular formula is C28H24N2O8. The molecule has 10 nitrogen and oxygen atoms in total. The van der Waals surface area contributed by atoms with Gasteiger partial charge in [0.25, 0.3) is 11.8 Å². The Bertz CT molecular complexity index is 1420. The van der Waals surface area contributed by atoms with Crippen LogP contribution in [0.5, 0.6) is 23.0 Å². The second-order valence-electron chi connectivity index (χ2n) is 8.73. The zero-order chi connectivity index (χ0) is 26.8. The van der Waals surface area contributed by atoms with Crippen LogP contribution in [0.15, 0.2) is 66.7 Å². The summed E-state index contributed by atoms with van der Waals surface area (Å²) in [6.07, 6.45) is -0.190. The number of carbonyl (C=O) groups excluding carboxylic acids is 4. The van der Waals surface area contributed by atoms with Crippen LogP contribution in [0.25, 0.3) is 0 Å². The molecule has 194 valence electrons. The highest BCUT2D eigenvalue weighted by molar-refractivity contribution is 6.23. The van der Waals surface area contributed by atoms with Crippen molar-refractivity contribution in [2.75, 3.05) is 18.8 Å². The summed E-state index contributed by atoms with van der Waals surface area (Å²) in [5, 5.41) is 0. The maximum atomic E-state index is 13.8. The smallest absolute Gasteiger partial charge is 0.308 e. The number of imide groups is 1. The summed E-state index contributed by atoms with van der Waals surface area (Å²) in [6, 6.07) is 16.9. The summed E-state index contributed by atoms with van der Waals surface area (Å²) >= 11 is 0. The first-order valence-corrected chi connectivity index (χ1v) is 11.8. The van der Waals surface area contributed by atoms with Crippen LogP contribution in [0, 0.1) is 0 Å². The molecule has 0 aromatic heterocycles. The molecule has 3 aromatic carbocycles. The van der Waals surface area contributed by atoms with E-state index in [1.165, 1.54) is 43.2 Å². The topological polar surface area (TPSA) is 112 Å².